The van der Waals surface area contributed by atoms with Crippen LogP contribution in [0.4, 0.5) is 10.1 Å². The van der Waals surface area contributed by atoms with Crippen LogP contribution in [0.25, 0.3) is 0 Å². The van der Waals surface area contributed by atoms with Gasteiger partial charge in [-0.05, 0) is 24.8 Å². The molecule has 0 bridgehead atoms. The lowest BCUT2D eigenvalue weighted by Gasteiger charge is -2.09. The largest absolute Gasteiger partial charge is 0.477 e. The van der Waals surface area contributed by atoms with E-state index in [0.29, 0.717) is 17.7 Å². The fourth-order valence-electron chi connectivity index (χ4n) is 2.36. The fourth-order valence-corrected chi connectivity index (χ4v) is 3.51. The first-order valence-corrected chi connectivity index (χ1v) is 7.31. The summed E-state index contributed by atoms with van der Waals surface area (Å²) in [6.07, 6.45) is 4.56. The Bertz CT molecular complexity index is 543. The van der Waals surface area contributed by atoms with Crippen LogP contribution in [0.3, 0.4) is 0 Å². The Labute approximate surface area is 119 Å². The van der Waals surface area contributed by atoms with Crippen LogP contribution in [0, 0.1) is 21.8 Å². The van der Waals surface area contributed by atoms with Crippen molar-refractivity contribution in [1.29, 1.82) is 0 Å². The Morgan fingerprint density at radius 1 is 1.45 bits per heavy atom. The number of nitro benzene ring substituents is 1. The number of hydrogen-bond donors (Lipinski definition) is 1. The number of aromatic carboxylic acids is 1. The number of benzene rings is 1. The number of rotatable bonds is 5. The molecule has 1 aliphatic carbocycles. The molecule has 108 valence electrons. The van der Waals surface area contributed by atoms with Crippen LogP contribution >= 0.6 is 11.8 Å². The summed E-state index contributed by atoms with van der Waals surface area (Å²) in [7, 11) is 0. The van der Waals surface area contributed by atoms with Gasteiger partial charge in [0.15, 0.2) is 0 Å². The minimum absolute atomic E-state index is 0.167. The topological polar surface area (TPSA) is 80.4 Å². The van der Waals surface area contributed by atoms with Crippen LogP contribution in [-0.2, 0) is 0 Å². The van der Waals surface area contributed by atoms with E-state index in [1.54, 1.807) is 0 Å². The van der Waals surface area contributed by atoms with Crippen LogP contribution in [0.15, 0.2) is 17.0 Å². The van der Waals surface area contributed by atoms with Gasteiger partial charge in [0.25, 0.3) is 5.69 Å². The summed E-state index contributed by atoms with van der Waals surface area (Å²) in [5.41, 5.74) is -1.18. The Balaban J connectivity index is 2.22. The second-order valence-corrected chi connectivity index (χ2v) is 5.89. The van der Waals surface area contributed by atoms with Crippen molar-refractivity contribution < 1.29 is 19.2 Å². The molecular formula is C13H14FNO4S. The molecule has 0 amide bonds. The second-order valence-electron chi connectivity index (χ2n) is 4.82. The molecule has 0 aliphatic heterocycles. The summed E-state index contributed by atoms with van der Waals surface area (Å²) in [4.78, 5) is 21.0. The zero-order valence-corrected chi connectivity index (χ0v) is 11.5. The Kier molecular flexibility index (Phi) is 4.59. The molecule has 0 aromatic heterocycles. The van der Waals surface area contributed by atoms with E-state index >= 15 is 0 Å². The number of nitro groups is 1. The molecule has 7 heteroatoms. The van der Waals surface area contributed by atoms with Crippen LogP contribution in [0.1, 0.15) is 36.0 Å². The third-order valence-corrected chi connectivity index (χ3v) is 4.69. The Morgan fingerprint density at radius 3 is 2.65 bits per heavy atom. The van der Waals surface area contributed by atoms with E-state index in [1.807, 2.05) is 0 Å². The van der Waals surface area contributed by atoms with Gasteiger partial charge in [0.05, 0.1) is 11.0 Å². The van der Waals surface area contributed by atoms with Gasteiger partial charge in [0.2, 0.25) is 0 Å². The molecule has 0 radical (unpaired) electrons. The predicted octanol–water partition coefficient (Wildman–Crippen LogP) is 3.71. The van der Waals surface area contributed by atoms with Crippen molar-refractivity contribution in [1.82, 2.24) is 0 Å². The standard InChI is InChI=1S/C13H14FNO4S/c14-10-6-11(15(18)19)9(13(16)17)5-12(10)20-7-8-3-1-2-4-8/h5-6,8H,1-4,7H2,(H,16,17). The molecule has 1 aliphatic rings. The maximum atomic E-state index is 13.8. The average Bonchev–Trinajstić information content (AvgIpc) is 2.89. The molecule has 1 saturated carbocycles. The monoisotopic (exact) mass is 299 g/mol. The van der Waals surface area contributed by atoms with Gasteiger partial charge in [0.1, 0.15) is 11.4 Å². The molecule has 0 heterocycles. The maximum absolute atomic E-state index is 13.8. The molecule has 0 unspecified atom stereocenters. The summed E-state index contributed by atoms with van der Waals surface area (Å²) in [6.45, 7) is 0. The van der Waals surface area contributed by atoms with Crippen molar-refractivity contribution in [3.05, 3.63) is 33.6 Å². The Morgan fingerprint density at radius 2 is 2.10 bits per heavy atom. The fraction of sp³-hybridized carbons (Fsp3) is 0.462. The number of carboxylic acids is 1. The van der Waals surface area contributed by atoms with Gasteiger partial charge in [-0.1, -0.05) is 12.8 Å². The molecule has 20 heavy (non-hydrogen) atoms. The highest BCUT2D eigenvalue weighted by molar-refractivity contribution is 7.99. The number of hydrogen-bond acceptors (Lipinski definition) is 4. The first-order valence-electron chi connectivity index (χ1n) is 6.33. The quantitative estimate of drug-likeness (QED) is 0.509. The second kappa shape index (κ2) is 6.21. The average molecular weight is 299 g/mol. The van der Waals surface area contributed by atoms with Crippen LogP contribution in [-0.4, -0.2) is 21.8 Å². The van der Waals surface area contributed by atoms with Gasteiger partial charge in [-0.15, -0.1) is 11.8 Å². The molecule has 5 nitrogen and oxygen atoms in total. The first kappa shape index (κ1) is 14.8. The van der Waals surface area contributed by atoms with Crippen molar-refractivity contribution >= 4 is 23.4 Å². The van der Waals surface area contributed by atoms with Crippen molar-refractivity contribution in [3.8, 4) is 0 Å². The highest BCUT2D eigenvalue weighted by Gasteiger charge is 2.24. The van der Waals surface area contributed by atoms with Gasteiger partial charge in [-0.3, -0.25) is 10.1 Å². The molecule has 0 spiro atoms. The van der Waals surface area contributed by atoms with E-state index in [1.165, 1.54) is 24.6 Å². The van der Waals surface area contributed by atoms with Crippen molar-refractivity contribution in [3.63, 3.8) is 0 Å². The van der Waals surface area contributed by atoms with E-state index in [0.717, 1.165) is 18.9 Å². The SMILES string of the molecule is O=C(O)c1cc(SCC2CCCC2)c(F)cc1[N+](=O)[O-]. The number of halogens is 1. The van der Waals surface area contributed by atoms with E-state index in [9.17, 15) is 19.3 Å². The highest BCUT2D eigenvalue weighted by atomic mass is 32.2. The van der Waals surface area contributed by atoms with E-state index in [2.05, 4.69) is 0 Å². The van der Waals surface area contributed by atoms with Crippen molar-refractivity contribution in [2.75, 3.05) is 5.75 Å². The molecule has 1 aromatic carbocycles. The molecule has 1 aromatic rings. The van der Waals surface area contributed by atoms with Crippen LogP contribution < -0.4 is 0 Å². The van der Waals surface area contributed by atoms with Gasteiger partial charge < -0.3 is 5.11 Å². The highest BCUT2D eigenvalue weighted by Crippen LogP contribution is 2.34. The maximum Gasteiger partial charge on any atom is 0.342 e. The molecule has 0 saturated heterocycles. The van der Waals surface area contributed by atoms with Crippen LogP contribution in [0.5, 0.6) is 0 Å². The number of carbonyl (C=O) groups is 1. The van der Waals surface area contributed by atoms with Gasteiger partial charge in [-0.2, -0.15) is 0 Å². The lowest BCUT2D eigenvalue weighted by atomic mass is 10.1. The van der Waals surface area contributed by atoms with E-state index in [-0.39, 0.29) is 4.90 Å². The van der Waals surface area contributed by atoms with Crippen molar-refractivity contribution in [2.24, 2.45) is 5.92 Å². The normalized spacial score (nSPS) is 15.4. The molecule has 2 rings (SSSR count). The predicted molar refractivity (Wildman–Crippen MR) is 72.7 cm³/mol. The third kappa shape index (κ3) is 3.27. The van der Waals surface area contributed by atoms with Crippen LogP contribution in [0.2, 0.25) is 0 Å². The number of carboxylic acid groups (broad SMARTS) is 1. The first-order chi connectivity index (χ1) is 9.49. The third-order valence-electron chi connectivity index (χ3n) is 3.43. The number of thioether (sulfide) groups is 1. The molecule has 1 N–H and O–H groups in total. The summed E-state index contributed by atoms with van der Waals surface area (Å²) in [5.74, 6) is -0.916. The summed E-state index contributed by atoms with van der Waals surface area (Å²) in [6, 6.07) is 1.76. The molecule has 1 fully saturated rings. The van der Waals surface area contributed by atoms with E-state index < -0.39 is 28.0 Å². The summed E-state index contributed by atoms with van der Waals surface area (Å²) in [5, 5.41) is 19.7. The van der Waals surface area contributed by atoms with Gasteiger partial charge in [-0.25, -0.2) is 9.18 Å². The molecule has 0 atom stereocenters. The molecular weight excluding hydrogens is 285 g/mol. The lowest BCUT2D eigenvalue weighted by Crippen LogP contribution is -2.05. The zero-order chi connectivity index (χ0) is 14.7. The Hall–Kier alpha value is -1.63. The van der Waals surface area contributed by atoms with Gasteiger partial charge in [0, 0.05) is 10.6 Å². The smallest absolute Gasteiger partial charge is 0.342 e. The minimum Gasteiger partial charge on any atom is -0.477 e. The number of nitrogens with zero attached hydrogens (tertiary/aromatic N) is 1. The summed E-state index contributed by atoms with van der Waals surface area (Å²) < 4.78 is 13.8. The van der Waals surface area contributed by atoms with E-state index in [4.69, 9.17) is 5.11 Å². The van der Waals surface area contributed by atoms with Crippen molar-refractivity contribution in [2.45, 2.75) is 30.6 Å². The van der Waals surface area contributed by atoms with Gasteiger partial charge >= 0.3 is 5.97 Å². The minimum atomic E-state index is -1.42. The lowest BCUT2D eigenvalue weighted by molar-refractivity contribution is -0.385. The summed E-state index contributed by atoms with van der Waals surface area (Å²) >= 11 is 1.24. The zero-order valence-electron chi connectivity index (χ0n) is 10.7.